The Morgan fingerprint density at radius 2 is 2.43 bits per heavy atom. The molecular formula is C9H7ClN2O2. The highest BCUT2D eigenvalue weighted by molar-refractivity contribution is 6.16. The van der Waals surface area contributed by atoms with Crippen LogP contribution in [0, 0.1) is 0 Å². The number of halogens is 1. The lowest BCUT2D eigenvalue weighted by molar-refractivity contribution is 0.576. The Bertz CT molecular complexity index is 476. The third-order valence-corrected chi connectivity index (χ3v) is 1.96. The second-order valence-corrected chi connectivity index (χ2v) is 2.96. The molecule has 0 radical (unpaired) electrons. The molecule has 0 aliphatic heterocycles. The third kappa shape index (κ3) is 1.70. The summed E-state index contributed by atoms with van der Waals surface area (Å²) in [5.74, 6) is 1.13. The summed E-state index contributed by atoms with van der Waals surface area (Å²) < 4.78 is 5.10. The zero-order valence-corrected chi connectivity index (χ0v) is 7.91. The van der Waals surface area contributed by atoms with E-state index in [4.69, 9.17) is 16.0 Å². The van der Waals surface area contributed by atoms with E-state index < -0.39 is 0 Å². The Balaban J connectivity index is 2.54. The number of nitrogens with one attached hydrogen (secondary N) is 1. The van der Waals surface area contributed by atoms with E-state index in [9.17, 15) is 4.79 Å². The Morgan fingerprint density at radius 1 is 1.57 bits per heavy atom. The first kappa shape index (κ1) is 9.02. The van der Waals surface area contributed by atoms with E-state index in [-0.39, 0.29) is 11.4 Å². The fourth-order valence-corrected chi connectivity index (χ4v) is 1.24. The number of alkyl halides is 1. The van der Waals surface area contributed by atoms with Crippen molar-refractivity contribution in [2.75, 3.05) is 0 Å². The van der Waals surface area contributed by atoms with Gasteiger partial charge in [-0.3, -0.25) is 4.79 Å². The van der Waals surface area contributed by atoms with Gasteiger partial charge in [0.25, 0.3) is 5.56 Å². The highest BCUT2D eigenvalue weighted by Gasteiger charge is 2.05. The summed E-state index contributed by atoms with van der Waals surface area (Å²) in [6.07, 6.45) is 1.52. The van der Waals surface area contributed by atoms with Crippen LogP contribution in [0.25, 0.3) is 11.6 Å². The van der Waals surface area contributed by atoms with E-state index in [1.807, 2.05) is 0 Å². The molecule has 14 heavy (non-hydrogen) atoms. The number of aromatic amines is 1. The van der Waals surface area contributed by atoms with Gasteiger partial charge in [-0.05, 0) is 12.1 Å². The molecule has 2 aromatic rings. The summed E-state index contributed by atoms with van der Waals surface area (Å²) in [5.41, 5.74) is 0.295. The maximum Gasteiger partial charge on any atom is 0.251 e. The van der Waals surface area contributed by atoms with Crippen LogP contribution in [-0.2, 0) is 5.88 Å². The first-order valence-corrected chi connectivity index (χ1v) is 4.53. The molecule has 1 N–H and O–H groups in total. The van der Waals surface area contributed by atoms with E-state index in [2.05, 4.69) is 9.97 Å². The van der Waals surface area contributed by atoms with Gasteiger partial charge in [-0.1, -0.05) is 0 Å². The molecule has 0 aliphatic rings. The quantitative estimate of drug-likeness (QED) is 0.769. The minimum atomic E-state index is -0.234. The molecule has 72 valence electrons. The molecule has 5 heteroatoms. The number of furan rings is 1. The monoisotopic (exact) mass is 210 g/mol. The van der Waals surface area contributed by atoms with Crippen LogP contribution in [0.15, 0.2) is 33.7 Å². The molecule has 4 nitrogen and oxygen atoms in total. The zero-order chi connectivity index (χ0) is 9.97. The Kier molecular flexibility index (Phi) is 2.37. The Hall–Kier alpha value is -1.55. The number of rotatable bonds is 2. The zero-order valence-electron chi connectivity index (χ0n) is 7.16. The van der Waals surface area contributed by atoms with Gasteiger partial charge in [0.2, 0.25) is 0 Å². The van der Waals surface area contributed by atoms with Gasteiger partial charge in [-0.2, -0.15) is 0 Å². The van der Waals surface area contributed by atoms with Gasteiger partial charge < -0.3 is 9.40 Å². The molecule has 0 fully saturated rings. The van der Waals surface area contributed by atoms with E-state index in [0.29, 0.717) is 17.3 Å². The summed E-state index contributed by atoms with van der Waals surface area (Å²) in [6, 6.07) is 4.80. The van der Waals surface area contributed by atoms with Crippen molar-refractivity contribution in [2.45, 2.75) is 5.88 Å². The van der Waals surface area contributed by atoms with Crippen molar-refractivity contribution in [1.82, 2.24) is 9.97 Å². The molecule has 2 aromatic heterocycles. The number of aromatic nitrogens is 2. The second kappa shape index (κ2) is 3.67. The molecule has 0 aromatic carbocycles. The van der Waals surface area contributed by atoms with Crippen LogP contribution in [-0.4, -0.2) is 9.97 Å². The van der Waals surface area contributed by atoms with Gasteiger partial charge in [0, 0.05) is 6.07 Å². The Morgan fingerprint density at radius 3 is 3.07 bits per heavy atom. The van der Waals surface area contributed by atoms with Crippen molar-refractivity contribution in [3.05, 3.63) is 40.5 Å². The molecule has 2 rings (SSSR count). The molecule has 0 atom stereocenters. The molecule has 0 saturated carbocycles. The van der Waals surface area contributed by atoms with E-state index >= 15 is 0 Å². The molecule has 0 saturated heterocycles. The average Bonchev–Trinajstić information content (AvgIpc) is 2.69. The van der Waals surface area contributed by atoms with Gasteiger partial charge in [-0.15, -0.1) is 11.6 Å². The summed E-state index contributed by atoms with van der Waals surface area (Å²) in [4.78, 5) is 17.8. The maximum atomic E-state index is 11.2. The highest BCUT2D eigenvalue weighted by atomic mass is 35.5. The smallest absolute Gasteiger partial charge is 0.251 e. The topological polar surface area (TPSA) is 58.9 Å². The summed E-state index contributed by atoms with van der Waals surface area (Å²) in [6.45, 7) is 0. The van der Waals surface area contributed by atoms with Gasteiger partial charge in [0.1, 0.15) is 0 Å². The highest BCUT2D eigenvalue weighted by Crippen LogP contribution is 2.13. The predicted octanol–water partition coefficient (Wildman–Crippen LogP) is 1.77. The van der Waals surface area contributed by atoms with Gasteiger partial charge in [0.05, 0.1) is 17.8 Å². The fraction of sp³-hybridized carbons (Fsp3) is 0.111. The molecule has 0 amide bonds. The Labute approximate surface area is 84.6 Å². The van der Waals surface area contributed by atoms with Crippen LogP contribution < -0.4 is 5.56 Å². The first-order valence-electron chi connectivity index (χ1n) is 3.99. The van der Waals surface area contributed by atoms with E-state index in [1.54, 1.807) is 12.1 Å². The van der Waals surface area contributed by atoms with Gasteiger partial charge in [0.15, 0.2) is 11.6 Å². The number of nitrogens with zero attached hydrogens (tertiary/aromatic N) is 1. The summed E-state index contributed by atoms with van der Waals surface area (Å²) >= 11 is 5.59. The minimum Gasteiger partial charge on any atom is -0.461 e. The lowest BCUT2D eigenvalue weighted by Gasteiger charge is -1.97. The summed E-state index contributed by atoms with van der Waals surface area (Å²) in [7, 11) is 0. The van der Waals surface area contributed by atoms with Crippen LogP contribution in [0.5, 0.6) is 0 Å². The number of H-pyrrole nitrogens is 1. The first-order chi connectivity index (χ1) is 6.79. The van der Waals surface area contributed by atoms with E-state index in [1.165, 1.54) is 12.3 Å². The van der Waals surface area contributed by atoms with Crippen molar-refractivity contribution in [1.29, 1.82) is 0 Å². The van der Waals surface area contributed by atoms with Crippen molar-refractivity contribution >= 4 is 11.6 Å². The molecule has 0 unspecified atom stereocenters. The maximum absolute atomic E-state index is 11.2. The standard InChI is InChI=1S/C9H7ClN2O2/c10-5-6-4-8(13)12-9(11-6)7-2-1-3-14-7/h1-4H,5H2,(H,11,12,13). The molecular weight excluding hydrogens is 204 g/mol. The van der Waals surface area contributed by atoms with E-state index in [0.717, 1.165) is 0 Å². The normalized spacial score (nSPS) is 10.4. The van der Waals surface area contributed by atoms with Crippen molar-refractivity contribution < 1.29 is 4.42 Å². The lowest BCUT2D eigenvalue weighted by Crippen LogP contribution is -2.09. The number of hydrogen-bond acceptors (Lipinski definition) is 3. The van der Waals surface area contributed by atoms with Crippen LogP contribution in [0.3, 0.4) is 0 Å². The third-order valence-electron chi connectivity index (χ3n) is 1.69. The molecule has 0 bridgehead atoms. The van der Waals surface area contributed by atoms with Crippen molar-refractivity contribution in [3.8, 4) is 11.6 Å². The van der Waals surface area contributed by atoms with Crippen LogP contribution in [0.2, 0.25) is 0 Å². The van der Waals surface area contributed by atoms with Gasteiger partial charge >= 0.3 is 0 Å². The second-order valence-electron chi connectivity index (χ2n) is 2.70. The molecule has 0 spiro atoms. The van der Waals surface area contributed by atoms with Crippen molar-refractivity contribution in [2.24, 2.45) is 0 Å². The minimum absolute atomic E-state index is 0.206. The molecule has 2 heterocycles. The lowest BCUT2D eigenvalue weighted by atomic mass is 10.4. The largest absolute Gasteiger partial charge is 0.461 e. The van der Waals surface area contributed by atoms with Crippen molar-refractivity contribution in [3.63, 3.8) is 0 Å². The van der Waals surface area contributed by atoms with Crippen LogP contribution >= 0.6 is 11.6 Å². The predicted molar refractivity (Wildman–Crippen MR) is 52.1 cm³/mol. The average molecular weight is 211 g/mol. The molecule has 0 aliphatic carbocycles. The van der Waals surface area contributed by atoms with Crippen LogP contribution in [0.1, 0.15) is 5.69 Å². The fourth-order valence-electron chi connectivity index (χ4n) is 1.11. The summed E-state index contributed by atoms with van der Waals surface area (Å²) in [5, 5.41) is 0. The SMILES string of the molecule is O=c1cc(CCl)nc(-c2ccco2)[nH]1. The number of hydrogen-bond donors (Lipinski definition) is 1. The van der Waals surface area contributed by atoms with Crippen LogP contribution in [0.4, 0.5) is 0 Å². The van der Waals surface area contributed by atoms with Gasteiger partial charge in [-0.25, -0.2) is 4.98 Å².